The summed E-state index contributed by atoms with van der Waals surface area (Å²) in [6.45, 7) is 9.81. The van der Waals surface area contributed by atoms with Gasteiger partial charge in [-0.2, -0.15) is 0 Å². The molecule has 0 bridgehead atoms. The van der Waals surface area contributed by atoms with Crippen molar-refractivity contribution in [1.29, 1.82) is 0 Å². The molecular weight excluding hydrogens is 294 g/mol. The average molecular weight is 315 g/mol. The van der Waals surface area contributed by atoms with E-state index >= 15 is 0 Å². The van der Waals surface area contributed by atoms with E-state index < -0.39 is 0 Å². The molecule has 0 radical (unpaired) electrons. The Morgan fingerprint density at radius 3 is 2.14 bits per heavy atom. The standard InChI is InChI=1S/C17H21N3OS/c1-10-6-8-15(9-7-10)20-16(21)14(5)22-17-18-12(3)11(2)13(4)19-17/h6-9,14H,1-5H3,(H,20,21)/t14-/m0/s1. The number of aryl methyl sites for hydroxylation is 3. The van der Waals surface area contributed by atoms with Crippen molar-refractivity contribution in [2.75, 3.05) is 5.32 Å². The van der Waals surface area contributed by atoms with Crippen LogP contribution < -0.4 is 5.32 Å². The Morgan fingerprint density at radius 1 is 1.05 bits per heavy atom. The van der Waals surface area contributed by atoms with Gasteiger partial charge in [-0.15, -0.1) is 0 Å². The normalized spacial score (nSPS) is 12.0. The van der Waals surface area contributed by atoms with E-state index in [-0.39, 0.29) is 11.2 Å². The summed E-state index contributed by atoms with van der Waals surface area (Å²) in [4.78, 5) is 21.1. The van der Waals surface area contributed by atoms with E-state index in [1.54, 1.807) is 0 Å². The van der Waals surface area contributed by atoms with Crippen molar-refractivity contribution in [2.24, 2.45) is 0 Å². The van der Waals surface area contributed by atoms with Gasteiger partial charge in [0.1, 0.15) is 0 Å². The molecule has 0 saturated carbocycles. The third kappa shape index (κ3) is 4.07. The van der Waals surface area contributed by atoms with Crippen LogP contribution in [0, 0.1) is 27.7 Å². The predicted molar refractivity (Wildman–Crippen MR) is 91.4 cm³/mol. The minimum absolute atomic E-state index is 0.0478. The molecule has 5 heteroatoms. The van der Waals surface area contributed by atoms with Crippen molar-refractivity contribution in [1.82, 2.24) is 9.97 Å². The maximum Gasteiger partial charge on any atom is 0.237 e. The third-order valence-electron chi connectivity index (χ3n) is 3.58. The fourth-order valence-corrected chi connectivity index (χ4v) is 2.75. The SMILES string of the molecule is Cc1ccc(NC(=O)[C@H](C)Sc2nc(C)c(C)c(C)n2)cc1. The summed E-state index contributed by atoms with van der Waals surface area (Å²) in [5.41, 5.74) is 4.99. The van der Waals surface area contributed by atoms with Crippen LogP contribution in [0.2, 0.25) is 0 Å². The second-order valence-electron chi connectivity index (χ2n) is 5.42. The molecule has 4 nitrogen and oxygen atoms in total. The number of nitrogens with zero attached hydrogens (tertiary/aromatic N) is 2. The van der Waals surface area contributed by atoms with Crippen LogP contribution in [0.3, 0.4) is 0 Å². The molecule has 0 aliphatic rings. The van der Waals surface area contributed by atoms with E-state index in [1.807, 2.05) is 58.9 Å². The summed E-state index contributed by atoms with van der Waals surface area (Å²) in [6, 6.07) is 7.76. The molecular formula is C17H21N3OS. The van der Waals surface area contributed by atoms with Crippen molar-refractivity contribution in [3.8, 4) is 0 Å². The van der Waals surface area contributed by atoms with Crippen LogP contribution in [0.5, 0.6) is 0 Å². The Kier molecular flexibility index (Phi) is 5.19. The molecule has 0 aliphatic heterocycles. The lowest BCUT2D eigenvalue weighted by molar-refractivity contribution is -0.115. The van der Waals surface area contributed by atoms with Crippen LogP contribution in [-0.4, -0.2) is 21.1 Å². The van der Waals surface area contributed by atoms with Crippen molar-refractivity contribution in [3.05, 3.63) is 46.8 Å². The zero-order chi connectivity index (χ0) is 16.3. The molecule has 2 rings (SSSR count). The zero-order valence-electron chi connectivity index (χ0n) is 13.6. The molecule has 1 N–H and O–H groups in total. The number of amides is 1. The Balaban J connectivity index is 2.03. The molecule has 1 aromatic heterocycles. The molecule has 116 valence electrons. The summed E-state index contributed by atoms with van der Waals surface area (Å²) in [5, 5.41) is 3.30. The minimum Gasteiger partial charge on any atom is -0.325 e. The molecule has 0 saturated heterocycles. The molecule has 0 unspecified atom stereocenters. The second kappa shape index (κ2) is 6.92. The number of thioether (sulfide) groups is 1. The summed E-state index contributed by atoms with van der Waals surface area (Å²) < 4.78 is 0. The first-order chi connectivity index (χ1) is 10.4. The number of carbonyl (C=O) groups excluding carboxylic acids is 1. The van der Waals surface area contributed by atoms with Crippen molar-refractivity contribution >= 4 is 23.4 Å². The highest BCUT2D eigenvalue weighted by molar-refractivity contribution is 8.00. The van der Waals surface area contributed by atoms with Gasteiger partial charge >= 0.3 is 0 Å². The van der Waals surface area contributed by atoms with Gasteiger partial charge in [-0.05, 0) is 52.3 Å². The highest BCUT2D eigenvalue weighted by Gasteiger charge is 2.17. The number of hydrogen-bond acceptors (Lipinski definition) is 4. The number of rotatable bonds is 4. The predicted octanol–water partition coefficient (Wildman–Crippen LogP) is 3.83. The van der Waals surface area contributed by atoms with E-state index in [9.17, 15) is 4.79 Å². The highest BCUT2D eigenvalue weighted by atomic mass is 32.2. The lowest BCUT2D eigenvalue weighted by Crippen LogP contribution is -2.22. The first kappa shape index (κ1) is 16.5. The topological polar surface area (TPSA) is 54.9 Å². The smallest absolute Gasteiger partial charge is 0.237 e. The maximum atomic E-state index is 12.3. The molecule has 1 aromatic carbocycles. The summed E-state index contributed by atoms with van der Waals surface area (Å²) >= 11 is 1.38. The summed E-state index contributed by atoms with van der Waals surface area (Å²) in [6.07, 6.45) is 0. The molecule has 0 aliphatic carbocycles. The van der Waals surface area contributed by atoms with E-state index in [0.717, 1.165) is 22.6 Å². The highest BCUT2D eigenvalue weighted by Crippen LogP contribution is 2.23. The Morgan fingerprint density at radius 2 is 1.59 bits per heavy atom. The second-order valence-corrected chi connectivity index (χ2v) is 6.73. The molecule has 1 amide bonds. The van der Waals surface area contributed by atoms with Gasteiger partial charge in [-0.1, -0.05) is 29.5 Å². The zero-order valence-corrected chi connectivity index (χ0v) is 14.4. The van der Waals surface area contributed by atoms with Gasteiger partial charge in [0.2, 0.25) is 5.91 Å². The number of benzene rings is 1. The monoisotopic (exact) mass is 315 g/mol. The van der Waals surface area contributed by atoms with Crippen LogP contribution in [0.4, 0.5) is 5.69 Å². The number of carbonyl (C=O) groups is 1. The van der Waals surface area contributed by atoms with Gasteiger partial charge in [0, 0.05) is 17.1 Å². The lowest BCUT2D eigenvalue weighted by Gasteiger charge is -2.12. The lowest BCUT2D eigenvalue weighted by atomic mass is 10.2. The Hall–Kier alpha value is -1.88. The van der Waals surface area contributed by atoms with Gasteiger partial charge < -0.3 is 5.32 Å². The molecule has 0 spiro atoms. The largest absolute Gasteiger partial charge is 0.325 e. The summed E-state index contributed by atoms with van der Waals surface area (Å²) in [5.74, 6) is -0.0478. The van der Waals surface area contributed by atoms with E-state index in [4.69, 9.17) is 0 Å². The van der Waals surface area contributed by atoms with Gasteiger partial charge in [0.25, 0.3) is 0 Å². The van der Waals surface area contributed by atoms with Gasteiger partial charge in [-0.25, -0.2) is 9.97 Å². The van der Waals surface area contributed by atoms with Gasteiger partial charge in [0.15, 0.2) is 5.16 Å². The number of aromatic nitrogens is 2. The van der Waals surface area contributed by atoms with E-state index in [2.05, 4.69) is 15.3 Å². The first-order valence-electron chi connectivity index (χ1n) is 7.23. The Bertz CT molecular complexity index is 660. The number of anilines is 1. The molecule has 1 atom stereocenters. The van der Waals surface area contributed by atoms with Crippen LogP contribution in [0.15, 0.2) is 29.4 Å². The van der Waals surface area contributed by atoms with Crippen LogP contribution in [-0.2, 0) is 4.79 Å². The van der Waals surface area contributed by atoms with Crippen LogP contribution in [0.25, 0.3) is 0 Å². The maximum absolute atomic E-state index is 12.3. The first-order valence-corrected chi connectivity index (χ1v) is 8.11. The van der Waals surface area contributed by atoms with E-state index in [1.165, 1.54) is 17.3 Å². The van der Waals surface area contributed by atoms with Crippen molar-refractivity contribution < 1.29 is 4.79 Å². The number of hydrogen-bond donors (Lipinski definition) is 1. The van der Waals surface area contributed by atoms with Gasteiger partial charge in [0.05, 0.1) is 5.25 Å². The minimum atomic E-state index is -0.261. The molecule has 0 fully saturated rings. The van der Waals surface area contributed by atoms with Crippen LogP contribution >= 0.6 is 11.8 Å². The molecule has 22 heavy (non-hydrogen) atoms. The Labute approximate surface area is 135 Å². The third-order valence-corrected chi connectivity index (χ3v) is 4.54. The average Bonchev–Trinajstić information content (AvgIpc) is 2.47. The summed E-state index contributed by atoms with van der Waals surface area (Å²) in [7, 11) is 0. The number of nitrogens with one attached hydrogen (secondary N) is 1. The van der Waals surface area contributed by atoms with Crippen LogP contribution in [0.1, 0.15) is 29.4 Å². The van der Waals surface area contributed by atoms with Crippen molar-refractivity contribution in [2.45, 2.75) is 45.0 Å². The fraction of sp³-hybridized carbons (Fsp3) is 0.353. The quantitative estimate of drug-likeness (QED) is 0.688. The van der Waals surface area contributed by atoms with Crippen molar-refractivity contribution in [3.63, 3.8) is 0 Å². The fourth-order valence-electron chi connectivity index (χ4n) is 1.89. The van der Waals surface area contributed by atoms with E-state index in [0.29, 0.717) is 5.16 Å². The molecule has 1 heterocycles. The molecule has 2 aromatic rings. The van der Waals surface area contributed by atoms with Gasteiger partial charge in [-0.3, -0.25) is 4.79 Å².